The van der Waals surface area contributed by atoms with E-state index in [0.717, 1.165) is 17.0 Å². The van der Waals surface area contributed by atoms with Crippen molar-refractivity contribution in [1.82, 2.24) is 5.32 Å². The van der Waals surface area contributed by atoms with E-state index >= 15 is 0 Å². The highest BCUT2D eigenvalue weighted by Crippen LogP contribution is 2.37. The van der Waals surface area contributed by atoms with Gasteiger partial charge in [0, 0.05) is 5.56 Å². The van der Waals surface area contributed by atoms with Crippen LogP contribution in [0, 0.1) is 0 Å². The number of rotatable bonds is 4. The summed E-state index contributed by atoms with van der Waals surface area (Å²) in [4.78, 5) is 4.98. The van der Waals surface area contributed by atoms with E-state index in [1.165, 1.54) is 5.56 Å². The molecular formula is C22H19ClN2. The van der Waals surface area contributed by atoms with Crippen LogP contribution >= 0.6 is 11.6 Å². The summed E-state index contributed by atoms with van der Waals surface area (Å²) in [6.07, 6.45) is 0. The van der Waals surface area contributed by atoms with Crippen molar-refractivity contribution in [2.24, 2.45) is 4.99 Å². The van der Waals surface area contributed by atoms with Crippen molar-refractivity contribution in [3.63, 3.8) is 0 Å². The molecule has 4 rings (SSSR count). The summed E-state index contributed by atoms with van der Waals surface area (Å²) in [6.45, 7) is 0. The Morgan fingerprint density at radius 3 is 1.96 bits per heavy atom. The topological polar surface area (TPSA) is 24.4 Å². The maximum absolute atomic E-state index is 6.87. The molecule has 0 saturated heterocycles. The Hall–Kier alpha value is -2.58. The van der Waals surface area contributed by atoms with Crippen LogP contribution < -0.4 is 5.32 Å². The number of nitrogens with zero attached hydrogens (tertiary/aromatic N) is 1. The normalized spacial score (nSPS) is 20.6. The number of nitrogens with one attached hydrogen (secondary N) is 1. The maximum Gasteiger partial charge on any atom is 0.129 e. The number of aliphatic imine (C=N–C) groups is 1. The first-order valence-corrected chi connectivity index (χ1v) is 8.90. The van der Waals surface area contributed by atoms with Crippen LogP contribution in [0.5, 0.6) is 0 Å². The molecule has 25 heavy (non-hydrogen) atoms. The molecule has 0 saturated carbocycles. The van der Waals surface area contributed by atoms with Gasteiger partial charge in [0.2, 0.25) is 0 Å². The van der Waals surface area contributed by atoms with Crippen LogP contribution in [0.15, 0.2) is 96.0 Å². The molecule has 3 atom stereocenters. The Morgan fingerprint density at radius 1 is 0.760 bits per heavy atom. The van der Waals surface area contributed by atoms with Crippen molar-refractivity contribution in [3.05, 3.63) is 108 Å². The number of halogens is 1. The third-order valence-corrected chi connectivity index (χ3v) is 5.06. The standard InChI is InChI=1S/C22H19ClN2/c23-19(16-10-4-1-5-11-16)21-20(17-12-6-2-7-13-17)24-22(25-21)18-14-8-3-9-15-18/h1-15,19-21H,(H,24,25). The zero-order chi connectivity index (χ0) is 17.1. The van der Waals surface area contributed by atoms with Crippen LogP contribution in [0.1, 0.15) is 28.1 Å². The van der Waals surface area contributed by atoms with Gasteiger partial charge in [0.15, 0.2) is 0 Å². The Labute approximate surface area is 153 Å². The molecule has 0 spiro atoms. The van der Waals surface area contributed by atoms with Crippen LogP contribution in [0.25, 0.3) is 0 Å². The highest BCUT2D eigenvalue weighted by Gasteiger charge is 2.36. The summed E-state index contributed by atoms with van der Waals surface area (Å²) in [6, 6.07) is 30.8. The SMILES string of the molecule is ClC(c1ccccc1)C1NC(c2ccccc2)=NC1c1ccccc1. The van der Waals surface area contributed by atoms with Gasteiger partial charge in [-0.15, -0.1) is 11.6 Å². The smallest absolute Gasteiger partial charge is 0.129 e. The molecule has 124 valence electrons. The second kappa shape index (κ2) is 7.12. The van der Waals surface area contributed by atoms with Gasteiger partial charge in [-0.05, 0) is 11.1 Å². The van der Waals surface area contributed by atoms with E-state index in [2.05, 4.69) is 41.7 Å². The number of hydrogen-bond donors (Lipinski definition) is 1. The Kier molecular flexibility index (Phi) is 4.53. The third kappa shape index (κ3) is 3.31. The first-order chi connectivity index (χ1) is 12.3. The van der Waals surface area contributed by atoms with Crippen molar-refractivity contribution < 1.29 is 0 Å². The minimum absolute atomic E-state index is 0.00155. The minimum atomic E-state index is -0.170. The lowest BCUT2D eigenvalue weighted by Crippen LogP contribution is -2.35. The van der Waals surface area contributed by atoms with E-state index < -0.39 is 0 Å². The van der Waals surface area contributed by atoms with E-state index in [1.54, 1.807) is 0 Å². The molecule has 1 N–H and O–H groups in total. The lowest BCUT2D eigenvalue weighted by Gasteiger charge is -2.24. The fourth-order valence-electron chi connectivity index (χ4n) is 3.26. The molecule has 0 aromatic heterocycles. The second-order valence-electron chi connectivity index (χ2n) is 6.18. The zero-order valence-electron chi connectivity index (χ0n) is 13.7. The van der Waals surface area contributed by atoms with Crippen molar-refractivity contribution in [3.8, 4) is 0 Å². The van der Waals surface area contributed by atoms with E-state index in [1.807, 2.05) is 54.6 Å². The summed E-state index contributed by atoms with van der Waals surface area (Å²) in [5.41, 5.74) is 3.36. The van der Waals surface area contributed by atoms with Gasteiger partial charge >= 0.3 is 0 Å². The van der Waals surface area contributed by atoms with Crippen molar-refractivity contribution in [2.75, 3.05) is 0 Å². The van der Waals surface area contributed by atoms with Gasteiger partial charge in [0.25, 0.3) is 0 Å². The average Bonchev–Trinajstić information content (AvgIpc) is 3.15. The van der Waals surface area contributed by atoms with Crippen LogP contribution in [0.2, 0.25) is 0 Å². The minimum Gasteiger partial charge on any atom is -0.363 e. The number of amidine groups is 1. The molecular weight excluding hydrogens is 328 g/mol. The molecule has 0 radical (unpaired) electrons. The second-order valence-corrected chi connectivity index (χ2v) is 6.65. The molecule has 1 aliphatic rings. The monoisotopic (exact) mass is 346 g/mol. The lowest BCUT2D eigenvalue weighted by atomic mass is 9.95. The molecule has 1 aliphatic heterocycles. The summed E-state index contributed by atoms with van der Waals surface area (Å²) >= 11 is 6.87. The van der Waals surface area contributed by atoms with Gasteiger partial charge < -0.3 is 5.32 Å². The van der Waals surface area contributed by atoms with Crippen molar-refractivity contribution in [2.45, 2.75) is 17.5 Å². The number of hydrogen-bond acceptors (Lipinski definition) is 2. The van der Waals surface area contributed by atoms with Gasteiger partial charge in [-0.3, -0.25) is 4.99 Å². The van der Waals surface area contributed by atoms with Gasteiger partial charge in [-0.25, -0.2) is 0 Å². The van der Waals surface area contributed by atoms with Crippen molar-refractivity contribution >= 4 is 17.4 Å². The quantitative estimate of drug-likeness (QED) is 0.651. The molecule has 0 bridgehead atoms. The summed E-state index contributed by atoms with van der Waals surface area (Å²) in [5, 5.41) is 3.40. The van der Waals surface area contributed by atoms with Gasteiger partial charge in [0.1, 0.15) is 5.84 Å². The van der Waals surface area contributed by atoms with Crippen molar-refractivity contribution in [1.29, 1.82) is 0 Å². The number of benzene rings is 3. The Bertz CT molecular complexity index is 847. The molecule has 3 aromatic carbocycles. The van der Waals surface area contributed by atoms with Gasteiger partial charge in [-0.1, -0.05) is 91.0 Å². The van der Waals surface area contributed by atoms with E-state index in [0.29, 0.717) is 0 Å². The molecule has 1 heterocycles. The highest BCUT2D eigenvalue weighted by atomic mass is 35.5. The largest absolute Gasteiger partial charge is 0.363 e. The predicted molar refractivity (Wildman–Crippen MR) is 104 cm³/mol. The van der Waals surface area contributed by atoms with Crippen LogP contribution in [0.3, 0.4) is 0 Å². The summed E-state index contributed by atoms with van der Waals surface area (Å²) in [7, 11) is 0. The average molecular weight is 347 g/mol. The molecule has 0 fully saturated rings. The first-order valence-electron chi connectivity index (χ1n) is 8.46. The fourth-order valence-corrected chi connectivity index (χ4v) is 3.60. The van der Waals surface area contributed by atoms with E-state index in [9.17, 15) is 0 Å². The lowest BCUT2D eigenvalue weighted by molar-refractivity contribution is 0.527. The zero-order valence-corrected chi connectivity index (χ0v) is 14.5. The molecule has 3 aromatic rings. The predicted octanol–water partition coefficient (Wildman–Crippen LogP) is 5.13. The highest BCUT2D eigenvalue weighted by molar-refractivity contribution is 6.21. The Balaban J connectivity index is 1.71. The fraction of sp³-hybridized carbons (Fsp3) is 0.136. The molecule has 0 aliphatic carbocycles. The van der Waals surface area contributed by atoms with E-state index in [4.69, 9.17) is 16.6 Å². The van der Waals surface area contributed by atoms with Crippen LogP contribution in [0.4, 0.5) is 0 Å². The van der Waals surface area contributed by atoms with Gasteiger partial charge in [0.05, 0.1) is 17.5 Å². The number of alkyl halides is 1. The molecule has 0 amide bonds. The maximum atomic E-state index is 6.87. The summed E-state index contributed by atoms with van der Waals surface area (Å²) in [5.74, 6) is 0.904. The first kappa shape index (κ1) is 15.9. The molecule has 2 nitrogen and oxygen atoms in total. The van der Waals surface area contributed by atoms with Crippen LogP contribution in [-0.2, 0) is 0 Å². The third-order valence-electron chi connectivity index (χ3n) is 4.53. The summed E-state index contributed by atoms with van der Waals surface area (Å²) < 4.78 is 0. The van der Waals surface area contributed by atoms with Gasteiger partial charge in [-0.2, -0.15) is 0 Å². The molecule has 3 unspecified atom stereocenters. The molecule has 3 heteroatoms. The van der Waals surface area contributed by atoms with Crippen LogP contribution in [-0.4, -0.2) is 11.9 Å². The Morgan fingerprint density at radius 2 is 1.32 bits per heavy atom. The van der Waals surface area contributed by atoms with E-state index in [-0.39, 0.29) is 17.5 Å².